The van der Waals surface area contributed by atoms with Crippen molar-refractivity contribution in [1.82, 2.24) is 10.3 Å². The third-order valence-corrected chi connectivity index (χ3v) is 4.48. The zero-order valence-corrected chi connectivity index (χ0v) is 12.6. The summed E-state index contributed by atoms with van der Waals surface area (Å²) >= 11 is 0. The predicted molar refractivity (Wildman–Crippen MR) is 81.2 cm³/mol. The van der Waals surface area contributed by atoms with Crippen LogP contribution in [0.2, 0.25) is 0 Å². The van der Waals surface area contributed by atoms with E-state index in [2.05, 4.69) is 10.3 Å². The molecule has 5 heteroatoms. The molecular formula is C17H19FN2O2. The number of aliphatic hydroxyl groups excluding tert-OH is 1. The highest BCUT2D eigenvalue weighted by molar-refractivity contribution is 5.51. The Kier molecular flexibility index (Phi) is 3.85. The molecule has 0 unspecified atom stereocenters. The molecule has 0 saturated carbocycles. The highest BCUT2D eigenvalue weighted by Gasteiger charge is 2.60. The lowest BCUT2D eigenvalue weighted by atomic mass is 9.80. The van der Waals surface area contributed by atoms with E-state index in [1.54, 1.807) is 19.4 Å². The number of methoxy groups -OCH3 is 1. The zero-order chi connectivity index (χ0) is 15.7. The van der Waals surface area contributed by atoms with E-state index in [1.165, 1.54) is 11.6 Å². The largest absolute Gasteiger partial charge is 0.481 e. The molecule has 1 aliphatic carbocycles. The van der Waals surface area contributed by atoms with Gasteiger partial charge in [0.05, 0.1) is 18.7 Å². The molecule has 4 rings (SSSR count). The zero-order valence-electron chi connectivity index (χ0n) is 12.6. The van der Waals surface area contributed by atoms with Crippen molar-refractivity contribution in [3.63, 3.8) is 0 Å². The lowest BCUT2D eigenvalue weighted by Crippen LogP contribution is -2.20. The van der Waals surface area contributed by atoms with Gasteiger partial charge in [0.25, 0.3) is 0 Å². The number of aromatic nitrogens is 1. The Balaban J connectivity index is 0.000000693. The van der Waals surface area contributed by atoms with Crippen LogP contribution in [0.4, 0.5) is 4.39 Å². The van der Waals surface area contributed by atoms with Gasteiger partial charge in [0.2, 0.25) is 5.88 Å². The molecule has 1 aliphatic heterocycles. The maximum Gasteiger partial charge on any atom is 0.218 e. The summed E-state index contributed by atoms with van der Waals surface area (Å²) in [6.45, 7) is 0. The number of ether oxygens (including phenoxy) is 1. The number of nitrogens with one attached hydrogen (secondary N) is 1. The molecule has 1 fully saturated rings. The first kappa shape index (κ1) is 14.9. The molecule has 2 heterocycles. The van der Waals surface area contributed by atoms with Crippen LogP contribution in [0.1, 0.15) is 29.2 Å². The minimum atomic E-state index is -0.283. The summed E-state index contributed by atoms with van der Waals surface area (Å²) in [5.74, 6) is 0.506. The molecule has 0 radical (unpaired) electrons. The van der Waals surface area contributed by atoms with E-state index in [0.29, 0.717) is 5.88 Å². The molecule has 0 spiro atoms. The van der Waals surface area contributed by atoms with Gasteiger partial charge in [-0.25, -0.2) is 9.37 Å². The summed E-state index contributed by atoms with van der Waals surface area (Å²) in [4.78, 5) is 4.28. The van der Waals surface area contributed by atoms with E-state index in [1.807, 2.05) is 18.2 Å². The Morgan fingerprint density at radius 2 is 2.09 bits per heavy atom. The summed E-state index contributed by atoms with van der Waals surface area (Å²) in [5.41, 5.74) is 2.80. The molecule has 4 nitrogen and oxygen atoms in total. The van der Waals surface area contributed by atoms with Crippen molar-refractivity contribution in [3.05, 3.63) is 59.0 Å². The molecule has 116 valence electrons. The Labute approximate surface area is 129 Å². The second-order valence-electron chi connectivity index (χ2n) is 5.42. The lowest BCUT2D eigenvalue weighted by Gasteiger charge is -2.23. The SMILES string of the molecule is CO.COc1nccc2c1[C@@H]1N[C@]1(c1ccccc1F)CC2. The van der Waals surface area contributed by atoms with Crippen LogP contribution in [0.3, 0.4) is 0 Å². The highest BCUT2D eigenvalue weighted by atomic mass is 19.1. The van der Waals surface area contributed by atoms with Gasteiger partial charge in [0.15, 0.2) is 0 Å². The molecule has 1 saturated heterocycles. The van der Waals surface area contributed by atoms with Crippen LogP contribution in [0.5, 0.6) is 5.88 Å². The van der Waals surface area contributed by atoms with E-state index in [4.69, 9.17) is 9.84 Å². The number of benzene rings is 1. The molecular weight excluding hydrogens is 283 g/mol. The smallest absolute Gasteiger partial charge is 0.218 e. The van der Waals surface area contributed by atoms with Crippen LogP contribution < -0.4 is 10.1 Å². The Morgan fingerprint density at radius 1 is 1.32 bits per heavy atom. The minimum absolute atomic E-state index is 0.104. The van der Waals surface area contributed by atoms with Crippen molar-refractivity contribution in [3.8, 4) is 5.88 Å². The summed E-state index contributed by atoms with van der Waals surface area (Å²) in [6.07, 6.45) is 3.58. The van der Waals surface area contributed by atoms with Crippen molar-refractivity contribution in [2.75, 3.05) is 14.2 Å². The molecule has 0 amide bonds. The maximum absolute atomic E-state index is 14.1. The quantitative estimate of drug-likeness (QED) is 0.836. The molecule has 2 atom stereocenters. The van der Waals surface area contributed by atoms with Crippen molar-refractivity contribution in [1.29, 1.82) is 0 Å². The fraction of sp³-hybridized carbons (Fsp3) is 0.353. The number of halogens is 1. The summed E-state index contributed by atoms with van der Waals surface area (Å²) in [5, 5.41) is 10.5. The molecule has 2 aromatic rings. The fourth-order valence-electron chi connectivity index (χ4n) is 3.45. The number of pyridine rings is 1. The standard InChI is InChI=1S/C16H15FN2O.CH4O/c1-20-15-13-10(7-9-18-15)6-8-16(14(13)19-16)11-4-2-3-5-12(11)17;1-2/h2-5,7,9,14,19H,6,8H2,1H3;2H,1H3/t14-,16-;/m0./s1. The topological polar surface area (TPSA) is 64.3 Å². The molecule has 1 aromatic carbocycles. The number of hydrogen-bond donors (Lipinski definition) is 2. The van der Waals surface area contributed by atoms with Crippen molar-refractivity contribution >= 4 is 0 Å². The van der Waals surface area contributed by atoms with Gasteiger partial charge in [-0.3, -0.25) is 5.32 Å². The van der Waals surface area contributed by atoms with E-state index in [9.17, 15) is 4.39 Å². The lowest BCUT2D eigenvalue weighted by molar-refractivity contribution is 0.387. The van der Waals surface area contributed by atoms with Gasteiger partial charge in [0.1, 0.15) is 5.82 Å². The van der Waals surface area contributed by atoms with Crippen LogP contribution in [0.25, 0.3) is 0 Å². The average Bonchev–Trinajstić information content (AvgIpc) is 3.32. The predicted octanol–water partition coefficient (Wildman–Crippen LogP) is 2.32. The summed E-state index contributed by atoms with van der Waals surface area (Å²) in [7, 11) is 2.63. The van der Waals surface area contributed by atoms with Crippen LogP contribution in [0.15, 0.2) is 36.5 Å². The first-order chi connectivity index (χ1) is 10.8. The Morgan fingerprint density at radius 3 is 2.82 bits per heavy atom. The number of hydrogen-bond acceptors (Lipinski definition) is 4. The molecule has 1 aromatic heterocycles. The van der Waals surface area contributed by atoms with E-state index >= 15 is 0 Å². The normalized spacial score (nSPS) is 24.5. The summed E-state index contributed by atoms with van der Waals surface area (Å²) in [6, 6.07) is 9.15. The van der Waals surface area contributed by atoms with Crippen molar-refractivity contribution in [2.45, 2.75) is 24.4 Å². The monoisotopic (exact) mass is 302 g/mol. The van der Waals surface area contributed by atoms with Gasteiger partial charge >= 0.3 is 0 Å². The van der Waals surface area contributed by atoms with Gasteiger partial charge in [-0.1, -0.05) is 18.2 Å². The van der Waals surface area contributed by atoms with Crippen molar-refractivity contribution in [2.24, 2.45) is 0 Å². The van der Waals surface area contributed by atoms with E-state index < -0.39 is 0 Å². The number of fused-ring (bicyclic) bond motifs is 3. The van der Waals surface area contributed by atoms with E-state index in [-0.39, 0.29) is 17.4 Å². The van der Waals surface area contributed by atoms with Crippen LogP contribution in [0, 0.1) is 5.82 Å². The number of aryl methyl sites for hydroxylation is 1. The van der Waals surface area contributed by atoms with Crippen LogP contribution >= 0.6 is 0 Å². The fourth-order valence-corrected chi connectivity index (χ4v) is 3.45. The first-order valence-corrected chi connectivity index (χ1v) is 7.25. The second-order valence-corrected chi connectivity index (χ2v) is 5.42. The number of aliphatic hydroxyl groups is 1. The Hall–Kier alpha value is -1.98. The first-order valence-electron chi connectivity index (χ1n) is 7.25. The van der Waals surface area contributed by atoms with E-state index in [0.717, 1.165) is 31.1 Å². The molecule has 0 bridgehead atoms. The Bertz CT molecular complexity index is 678. The molecule has 2 N–H and O–H groups in total. The van der Waals surface area contributed by atoms with Crippen molar-refractivity contribution < 1.29 is 14.2 Å². The number of nitrogens with zero attached hydrogens (tertiary/aromatic N) is 1. The van der Waals surface area contributed by atoms with Gasteiger partial charge in [-0.2, -0.15) is 0 Å². The van der Waals surface area contributed by atoms with Gasteiger partial charge in [0, 0.05) is 24.4 Å². The van der Waals surface area contributed by atoms with Gasteiger partial charge in [-0.15, -0.1) is 0 Å². The maximum atomic E-state index is 14.1. The summed E-state index contributed by atoms with van der Waals surface area (Å²) < 4.78 is 19.5. The average molecular weight is 302 g/mol. The minimum Gasteiger partial charge on any atom is -0.481 e. The van der Waals surface area contributed by atoms with Gasteiger partial charge < -0.3 is 9.84 Å². The number of rotatable bonds is 2. The highest BCUT2D eigenvalue weighted by Crippen LogP contribution is 2.57. The third kappa shape index (κ3) is 2.09. The van der Waals surface area contributed by atoms with Crippen LogP contribution in [-0.2, 0) is 12.0 Å². The third-order valence-electron chi connectivity index (χ3n) is 4.48. The molecule has 22 heavy (non-hydrogen) atoms. The van der Waals surface area contributed by atoms with Gasteiger partial charge in [-0.05, 0) is 30.5 Å². The van der Waals surface area contributed by atoms with Crippen LogP contribution in [-0.4, -0.2) is 24.3 Å². The molecule has 2 aliphatic rings. The second kappa shape index (κ2) is 5.66.